The molecule has 3 aromatic carbocycles. The van der Waals surface area contributed by atoms with Crippen LogP contribution in [0.5, 0.6) is 0 Å². The number of rotatable bonds is 15. The van der Waals surface area contributed by atoms with E-state index in [4.69, 9.17) is 4.74 Å². The monoisotopic (exact) mass is 612 g/mol. The molecule has 9 heteroatoms. The number of hydrogen-bond acceptors (Lipinski definition) is 6. The lowest BCUT2D eigenvalue weighted by atomic mass is 10.0. The minimum atomic E-state index is -0.966. The Bertz CT molecular complexity index is 1550. The van der Waals surface area contributed by atoms with Gasteiger partial charge in [-0.25, -0.2) is 5.01 Å². The van der Waals surface area contributed by atoms with Crippen molar-refractivity contribution in [2.24, 2.45) is 0 Å². The van der Waals surface area contributed by atoms with Crippen molar-refractivity contribution < 1.29 is 24.2 Å². The van der Waals surface area contributed by atoms with Crippen LogP contribution in [0.1, 0.15) is 50.3 Å². The minimum Gasteiger partial charge on any atom is -0.481 e. The second-order valence-corrected chi connectivity index (χ2v) is 12.4. The normalized spacial score (nSPS) is 13.0. The molecular formula is C36H44N4O5. The number of amides is 1. The summed E-state index contributed by atoms with van der Waals surface area (Å²) >= 11 is 0. The molecule has 3 N–H and O–H groups in total. The average molecular weight is 613 g/mol. The van der Waals surface area contributed by atoms with E-state index < -0.39 is 29.6 Å². The van der Waals surface area contributed by atoms with Crippen molar-refractivity contribution in [2.45, 2.75) is 70.7 Å². The summed E-state index contributed by atoms with van der Waals surface area (Å²) in [6.45, 7) is 5.97. The van der Waals surface area contributed by atoms with Gasteiger partial charge in [-0.1, -0.05) is 78.9 Å². The summed E-state index contributed by atoms with van der Waals surface area (Å²) in [5, 5.41) is 12.7. The maximum atomic E-state index is 14.3. The third-order valence-electron chi connectivity index (χ3n) is 7.46. The Morgan fingerprint density at radius 2 is 1.51 bits per heavy atom. The van der Waals surface area contributed by atoms with E-state index in [1.165, 1.54) is 0 Å². The van der Waals surface area contributed by atoms with E-state index in [9.17, 15) is 19.5 Å². The van der Waals surface area contributed by atoms with E-state index in [0.717, 1.165) is 27.6 Å². The molecule has 0 aliphatic heterocycles. The molecule has 1 heterocycles. The van der Waals surface area contributed by atoms with E-state index in [-0.39, 0.29) is 25.3 Å². The summed E-state index contributed by atoms with van der Waals surface area (Å²) in [6, 6.07) is 26.0. The fourth-order valence-corrected chi connectivity index (χ4v) is 5.45. The molecule has 4 rings (SSSR count). The smallest absolute Gasteiger partial charge is 0.307 e. The Morgan fingerprint density at radius 1 is 0.889 bits per heavy atom. The molecule has 0 aliphatic rings. The average Bonchev–Trinajstić information content (AvgIpc) is 3.40. The Kier molecular flexibility index (Phi) is 11.5. The van der Waals surface area contributed by atoms with Gasteiger partial charge in [0.1, 0.15) is 11.6 Å². The van der Waals surface area contributed by atoms with Crippen LogP contribution >= 0.6 is 0 Å². The predicted octanol–water partition coefficient (Wildman–Crippen LogP) is 5.36. The van der Waals surface area contributed by atoms with Gasteiger partial charge in [-0.15, -0.1) is 0 Å². The van der Waals surface area contributed by atoms with Crippen molar-refractivity contribution in [3.05, 3.63) is 108 Å². The zero-order valence-electron chi connectivity index (χ0n) is 26.5. The van der Waals surface area contributed by atoms with Crippen LogP contribution in [0.2, 0.25) is 0 Å². The number of aromatic nitrogens is 1. The number of carbonyl (C=O) groups excluding carboxylic acids is 2. The van der Waals surface area contributed by atoms with Crippen LogP contribution in [0, 0.1) is 0 Å². The first kappa shape index (κ1) is 33.4. The second-order valence-electron chi connectivity index (χ2n) is 12.4. The van der Waals surface area contributed by atoms with Gasteiger partial charge >= 0.3 is 11.9 Å². The Hall–Kier alpha value is -4.47. The molecular weight excluding hydrogens is 568 g/mol. The fourth-order valence-electron chi connectivity index (χ4n) is 5.45. The van der Waals surface area contributed by atoms with Crippen molar-refractivity contribution >= 4 is 28.7 Å². The number of esters is 1. The Morgan fingerprint density at radius 3 is 2.16 bits per heavy atom. The molecule has 0 saturated carbocycles. The lowest BCUT2D eigenvalue weighted by Crippen LogP contribution is -2.58. The number of ether oxygens (including phenoxy) is 1. The van der Waals surface area contributed by atoms with Crippen LogP contribution in [0.4, 0.5) is 0 Å². The first-order valence-electron chi connectivity index (χ1n) is 15.3. The summed E-state index contributed by atoms with van der Waals surface area (Å²) in [6.07, 6.45) is 2.47. The van der Waals surface area contributed by atoms with Crippen LogP contribution in [0.15, 0.2) is 91.1 Å². The SMILES string of the molecule is CN(Cc1ccccc1)C(=O)[C@H](Cc1ccccc1)N(CCC(=O)OC(C)(C)C)N[C@H](CC(=O)O)Cc1c[nH]c2ccccc12. The fraction of sp³-hybridized carbons (Fsp3) is 0.361. The number of fused-ring (bicyclic) bond motifs is 1. The number of hydrazine groups is 1. The van der Waals surface area contributed by atoms with Gasteiger partial charge in [-0.05, 0) is 56.4 Å². The van der Waals surface area contributed by atoms with Crippen molar-refractivity contribution in [2.75, 3.05) is 13.6 Å². The second kappa shape index (κ2) is 15.5. The van der Waals surface area contributed by atoms with E-state index in [1.807, 2.05) is 112 Å². The van der Waals surface area contributed by atoms with Gasteiger partial charge in [0, 0.05) is 43.3 Å². The van der Waals surface area contributed by atoms with Gasteiger partial charge in [0.25, 0.3) is 0 Å². The zero-order valence-corrected chi connectivity index (χ0v) is 26.5. The zero-order chi connectivity index (χ0) is 32.4. The number of nitrogens with one attached hydrogen (secondary N) is 2. The summed E-state index contributed by atoms with van der Waals surface area (Å²) in [5.74, 6) is -1.52. The molecule has 0 bridgehead atoms. The molecule has 0 spiro atoms. The third kappa shape index (κ3) is 10.3. The molecule has 45 heavy (non-hydrogen) atoms. The number of likely N-dealkylation sites (N-methyl/N-ethyl adjacent to an activating group) is 1. The van der Waals surface area contributed by atoms with Crippen molar-refractivity contribution in [3.63, 3.8) is 0 Å². The van der Waals surface area contributed by atoms with E-state index >= 15 is 0 Å². The molecule has 4 aromatic rings. The molecule has 1 aromatic heterocycles. The van der Waals surface area contributed by atoms with Crippen LogP contribution < -0.4 is 5.43 Å². The summed E-state index contributed by atoms with van der Waals surface area (Å²) < 4.78 is 5.59. The molecule has 0 radical (unpaired) electrons. The number of carboxylic acid groups (broad SMARTS) is 1. The summed E-state index contributed by atoms with van der Waals surface area (Å²) in [7, 11) is 1.76. The maximum Gasteiger partial charge on any atom is 0.307 e. The maximum absolute atomic E-state index is 14.3. The number of carbonyl (C=O) groups is 3. The van der Waals surface area contributed by atoms with Crippen LogP contribution in [-0.2, 0) is 38.5 Å². The molecule has 2 atom stereocenters. The van der Waals surface area contributed by atoms with Crippen LogP contribution in [0.25, 0.3) is 10.9 Å². The van der Waals surface area contributed by atoms with Crippen molar-refractivity contribution in [3.8, 4) is 0 Å². The highest BCUT2D eigenvalue weighted by Crippen LogP contribution is 2.21. The standard InChI is InChI=1S/C36H44N4O5/c1-36(2,3)45-34(43)19-20-40(38-29(23-33(41)42)22-28-24-37-31-18-12-11-17-30(28)31)32(21-26-13-7-5-8-14-26)35(44)39(4)25-27-15-9-6-10-16-27/h5-18,24,29,32,37-38H,19-23,25H2,1-4H3,(H,41,42)/t29-,32-/m0/s1. The number of H-pyrrole nitrogens is 1. The minimum absolute atomic E-state index is 0.0120. The number of carboxylic acids is 1. The molecule has 0 saturated heterocycles. The molecule has 9 nitrogen and oxygen atoms in total. The van der Waals surface area contributed by atoms with Crippen molar-refractivity contribution in [1.82, 2.24) is 20.3 Å². The summed E-state index contributed by atoms with van der Waals surface area (Å²) in [4.78, 5) is 44.2. The van der Waals surface area contributed by atoms with Crippen LogP contribution in [0.3, 0.4) is 0 Å². The highest BCUT2D eigenvalue weighted by molar-refractivity contribution is 5.83. The van der Waals surface area contributed by atoms with Gasteiger partial charge in [0.2, 0.25) is 5.91 Å². The largest absolute Gasteiger partial charge is 0.481 e. The molecule has 238 valence electrons. The number of benzene rings is 3. The number of para-hydroxylation sites is 1. The van der Waals surface area contributed by atoms with Gasteiger partial charge in [-0.3, -0.25) is 19.8 Å². The number of nitrogens with zero attached hydrogens (tertiary/aromatic N) is 2. The molecule has 0 unspecified atom stereocenters. The lowest BCUT2D eigenvalue weighted by Gasteiger charge is -2.36. The van der Waals surface area contributed by atoms with Gasteiger partial charge in [0.15, 0.2) is 0 Å². The Balaban J connectivity index is 1.67. The first-order chi connectivity index (χ1) is 21.5. The van der Waals surface area contributed by atoms with Crippen LogP contribution in [-0.4, -0.2) is 69.1 Å². The number of hydrogen-bond donors (Lipinski definition) is 3. The summed E-state index contributed by atoms with van der Waals surface area (Å²) in [5.41, 5.74) is 6.60. The lowest BCUT2D eigenvalue weighted by molar-refractivity contribution is -0.156. The van der Waals surface area contributed by atoms with E-state index in [2.05, 4.69) is 10.4 Å². The van der Waals surface area contributed by atoms with E-state index in [0.29, 0.717) is 19.4 Å². The highest BCUT2D eigenvalue weighted by Gasteiger charge is 2.32. The molecule has 1 amide bonds. The predicted molar refractivity (Wildman–Crippen MR) is 175 cm³/mol. The highest BCUT2D eigenvalue weighted by atomic mass is 16.6. The quantitative estimate of drug-likeness (QED) is 0.122. The molecule has 0 fully saturated rings. The van der Waals surface area contributed by atoms with E-state index in [1.54, 1.807) is 17.0 Å². The van der Waals surface area contributed by atoms with Gasteiger partial charge < -0.3 is 19.7 Å². The topological polar surface area (TPSA) is 115 Å². The number of aliphatic carboxylic acids is 1. The first-order valence-corrected chi connectivity index (χ1v) is 15.3. The van der Waals surface area contributed by atoms with Crippen molar-refractivity contribution in [1.29, 1.82) is 0 Å². The van der Waals surface area contributed by atoms with Gasteiger partial charge in [0.05, 0.1) is 12.8 Å². The third-order valence-corrected chi connectivity index (χ3v) is 7.46. The number of aromatic amines is 1. The Labute approximate surface area is 265 Å². The van der Waals surface area contributed by atoms with Gasteiger partial charge in [-0.2, -0.15) is 0 Å². The molecule has 0 aliphatic carbocycles.